The van der Waals surface area contributed by atoms with E-state index < -0.39 is 16.7 Å². The fourth-order valence-corrected chi connectivity index (χ4v) is 3.69. The highest BCUT2D eigenvalue weighted by molar-refractivity contribution is 7.15. The number of aryl methyl sites for hydroxylation is 1. The Labute approximate surface area is 170 Å². The van der Waals surface area contributed by atoms with Gasteiger partial charge in [0.05, 0.1) is 10.6 Å². The first-order valence-electron chi connectivity index (χ1n) is 8.79. The van der Waals surface area contributed by atoms with Crippen molar-refractivity contribution in [3.63, 3.8) is 0 Å². The highest BCUT2D eigenvalue weighted by Crippen LogP contribution is 2.27. The van der Waals surface area contributed by atoms with Gasteiger partial charge in [0.25, 0.3) is 5.69 Å². The number of aromatic nitrogens is 1. The fourth-order valence-electron chi connectivity index (χ4n) is 2.62. The number of nitro groups is 1. The van der Waals surface area contributed by atoms with E-state index in [-0.39, 0.29) is 17.9 Å². The van der Waals surface area contributed by atoms with Crippen LogP contribution in [0.3, 0.4) is 0 Å². The van der Waals surface area contributed by atoms with Crippen molar-refractivity contribution in [1.82, 2.24) is 10.3 Å². The number of hydrogen-bond donors (Lipinski definition) is 2. The normalized spacial score (nSPS) is 10.4. The molecule has 2 aromatic carbocycles. The average molecular weight is 410 g/mol. The minimum absolute atomic E-state index is 0.168. The second-order valence-corrected chi connectivity index (χ2v) is 7.24. The summed E-state index contributed by atoms with van der Waals surface area (Å²) < 4.78 is 0. The van der Waals surface area contributed by atoms with Gasteiger partial charge in [-0.1, -0.05) is 36.4 Å². The Morgan fingerprint density at radius 2 is 1.86 bits per heavy atom. The highest BCUT2D eigenvalue weighted by atomic mass is 32.1. The Morgan fingerprint density at radius 1 is 1.10 bits per heavy atom. The summed E-state index contributed by atoms with van der Waals surface area (Å²) >= 11 is 1.55. The maximum absolute atomic E-state index is 12.0. The zero-order chi connectivity index (χ0) is 20.8. The van der Waals surface area contributed by atoms with Gasteiger partial charge in [-0.05, 0) is 13.0 Å². The summed E-state index contributed by atoms with van der Waals surface area (Å²) in [6, 6.07) is 15.2. The van der Waals surface area contributed by atoms with E-state index in [1.54, 1.807) is 11.3 Å². The molecular weight excluding hydrogens is 392 g/mol. The van der Waals surface area contributed by atoms with Gasteiger partial charge in [0.1, 0.15) is 5.01 Å². The number of benzene rings is 2. The molecule has 0 aliphatic carbocycles. The Hall–Kier alpha value is -3.59. The van der Waals surface area contributed by atoms with Crippen molar-refractivity contribution in [2.45, 2.75) is 13.3 Å². The third kappa shape index (κ3) is 5.23. The van der Waals surface area contributed by atoms with Crippen LogP contribution in [0.1, 0.15) is 10.6 Å². The first-order chi connectivity index (χ1) is 13.9. The van der Waals surface area contributed by atoms with Gasteiger partial charge in [0, 0.05) is 41.2 Å². The predicted molar refractivity (Wildman–Crippen MR) is 111 cm³/mol. The summed E-state index contributed by atoms with van der Waals surface area (Å²) in [4.78, 5) is 39.8. The number of amides is 2. The van der Waals surface area contributed by atoms with Gasteiger partial charge in [-0.25, -0.2) is 4.98 Å². The van der Waals surface area contributed by atoms with E-state index in [1.807, 2.05) is 37.3 Å². The number of hydrogen-bond acceptors (Lipinski definition) is 6. The standard InChI is InChI=1S/C20H18N4O4S/c1-13-17(29-20(22-13)14-6-3-2-4-7-14)10-11-21-18(25)19(26)23-15-8-5-9-16(12-15)24(27)28/h2-9,12H,10-11H2,1H3,(H,21,25)(H,23,26). The van der Waals surface area contributed by atoms with Crippen LogP contribution in [0.15, 0.2) is 54.6 Å². The molecule has 0 atom stereocenters. The van der Waals surface area contributed by atoms with Gasteiger partial charge in [-0.15, -0.1) is 11.3 Å². The molecule has 8 nitrogen and oxygen atoms in total. The molecule has 0 aliphatic heterocycles. The molecule has 0 radical (unpaired) electrons. The second kappa shape index (κ2) is 9.07. The van der Waals surface area contributed by atoms with E-state index in [1.165, 1.54) is 24.3 Å². The van der Waals surface area contributed by atoms with Crippen molar-refractivity contribution < 1.29 is 14.5 Å². The van der Waals surface area contributed by atoms with Crippen LogP contribution in [0.25, 0.3) is 10.6 Å². The van der Waals surface area contributed by atoms with Gasteiger partial charge in [-0.2, -0.15) is 0 Å². The zero-order valence-electron chi connectivity index (χ0n) is 15.5. The molecule has 0 unspecified atom stereocenters. The smallest absolute Gasteiger partial charge is 0.313 e. The van der Waals surface area contributed by atoms with Crippen LogP contribution in [0.5, 0.6) is 0 Å². The monoisotopic (exact) mass is 410 g/mol. The van der Waals surface area contributed by atoms with Gasteiger partial charge in [0.2, 0.25) is 0 Å². The maximum atomic E-state index is 12.0. The maximum Gasteiger partial charge on any atom is 0.313 e. The summed E-state index contributed by atoms with van der Waals surface area (Å²) in [5.41, 5.74) is 1.94. The van der Waals surface area contributed by atoms with E-state index in [0.29, 0.717) is 6.42 Å². The first kappa shape index (κ1) is 20.2. The summed E-state index contributed by atoms with van der Waals surface area (Å²) in [7, 11) is 0. The lowest BCUT2D eigenvalue weighted by molar-refractivity contribution is -0.384. The number of carbonyl (C=O) groups excluding carboxylic acids is 2. The summed E-state index contributed by atoms with van der Waals surface area (Å²) in [6.45, 7) is 2.19. The Bertz CT molecular complexity index is 1050. The number of nitrogens with zero attached hydrogens (tertiary/aromatic N) is 2. The van der Waals surface area contributed by atoms with Crippen LogP contribution >= 0.6 is 11.3 Å². The van der Waals surface area contributed by atoms with E-state index in [9.17, 15) is 19.7 Å². The van der Waals surface area contributed by atoms with Crippen LogP contribution in [0.4, 0.5) is 11.4 Å². The molecule has 9 heteroatoms. The van der Waals surface area contributed by atoms with Gasteiger partial charge < -0.3 is 10.6 Å². The predicted octanol–water partition coefficient (Wildman–Crippen LogP) is 3.32. The third-order valence-corrected chi connectivity index (χ3v) is 5.34. The number of nitrogens with one attached hydrogen (secondary N) is 2. The molecule has 148 valence electrons. The molecule has 3 aromatic rings. The molecule has 0 saturated heterocycles. The van der Waals surface area contributed by atoms with Crippen molar-refractivity contribution >= 4 is 34.5 Å². The minimum Gasteiger partial charge on any atom is -0.347 e. The SMILES string of the molecule is Cc1nc(-c2ccccc2)sc1CCNC(=O)C(=O)Nc1cccc([N+](=O)[O-])c1. The lowest BCUT2D eigenvalue weighted by atomic mass is 10.2. The summed E-state index contributed by atoms with van der Waals surface area (Å²) in [5, 5.41) is 16.6. The molecule has 29 heavy (non-hydrogen) atoms. The molecule has 2 N–H and O–H groups in total. The van der Waals surface area contributed by atoms with E-state index in [0.717, 1.165) is 21.1 Å². The third-order valence-electron chi connectivity index (χ3n) is 4.07. The van der Waals surface area contributed by atoms with Gasteiger partial charge in [0.15, 0.2) is 0 Å². The van der Waals surface area contributed by atoms with Crippen molar-refractivity contribution in [3.05, 3.63) is 75.3 Å². The van der Waals surface area contributed by atoms with Crippen LogP contribution in [-0.2, 0) is 16.0 Å². The number of thiazole rings is 1. The molecule has 3 rings (SSSR count). The Balaban J connectivity index is 1.53. The van der Waals surface area contributed by atoms with E-state index in [4.69, 9.17) is 0 Å². The minimum atomic E-state index is -0.878. The van der Waals surface area contributed by atoms with Crippen LogP contribution in [-0.4, -0.2) is 28.3 Å². The summed E-state index contributed by atoms with van der Waals surface area (Å²) in [6.07, 6.45) is 0.548. The zero-order valence-corrected chi connectivity index (χ0v) is 16.4. The first-order valence-corrected chi connectivity index (χ1v) is 9.61. The average Bonchev–Trinajstić information content (AvgIpc) is 3.09. The number of rotatable bonds is 6. The number of carbonyl (C=O) groups is 2. The second-order valence-electron chi connectivity index (χ2n) is 6.16. The molecule has 0 saturated carbocycles. The highest BCUT2D eigenvalue weighted by Gasteiger charge is 2.16. The Kier molecular flexibility index (Phi) is 6.30. The number of nitro benzene ring substituents is 1. The largest absolute Gasteiger partial charge is 0.347 e. The van der Waals surface area contributed by atoms with Crippen LogP contribution in [0.2, 0.25) is 0 Å². The molecule has 1 aromatic heterocycles. The topological polar surface area (TPSA) is 114 Å². The number of anilines is 1. The van der Waals surface area contributed by atoms with Crippen LogP contribution < -0.4 is 10.6 Å². The fraction of sp³-hybridized carbons (Fsp3) is 0.150. The molecule has 0 fully saturated rings. The molecule has 0 spiro atoms. The van der Waals surface area contributed by atoms with E-state index in [2.05, 4.69) is 15.6 Å². The lowest BCUT2D eigenvalue weighted by Crippen LogP contribution is -2.36. The summed E-state index contributed by atoms with van der Waals surface area (Å²) in [5.74, 6) is -1.68. The van der Waals surface area contributed by atoms with Crippen molar-refractivity contribution in [2.24, 2.45) is 0 Å². The van der Waals surface area contributed by atoms with Crippen molar-refractivity contribution in [1.29, 1.82) is 0 Å². The van der Waals surface area contributed by atoms with Crippen LogP contribution in [0, 0.1) is 17.0 Å². The molecular formula is C20H18N4O4S. The molecule has 2 amide bonds. The molecule has 0 bridgehead atoms. The molecule has 1 heterocycles. The van der Waals surface area contributed by atoms with Crippen molar-refractivity contribution in [2.75, 3.05) is 11.9 Å². The lowest BCUT2D eigenvalue weighted by Gasteiger charge is -2.06. The Morgan fingerprint density at radius 3 is 2.59 bits per heavy atom. The quantitative estimate of drug-likeness (QED) is 0.368. The molecule has 0 aliphatic rings. The van der Waals surface area contributed by atoms with E-state index >= 15 is 0 Å². The van der Waals surface area contributed by atoms with Crippen molar-refractivity contribution in [3.8, 4) is 10.6 Å². The van der Waals surface area contributed by atoms with Gasteiger partial charge >= 0.3 is 11.8 Å². The van der Waals surface area contributed by atoms with Gasteiger partial charge in [-0.3, -0.25) is 19.7 Å². The number of non-ortho nitro benzene ring substituents is 1.